The first-order valence-electron chi connectivity index (χ1n) is 3.73. The molecular weight excluding hydrogens is 140 g/mol. The number of hydrogen-bond acceptors (Lipinski definition) is 2. The van der Waals surface area contributed by atoms with Crippen LogP contribution in [0.5, 0.6) is 0 Å². The average Bonchev–Trinajstić information content (AvgIpc) is 1.99. The van der Waals surface area contributed by atoms with E-state index in [9.17, 15) is 4.79 Å². The Morgan fingerprint density at radius 2 is 2.55 bits per heavy atom. The molecule has 1 heterocycles. The van der Waals surface area contributed by atoms with Crippen LogP contribution in [0.1, 0.15) is 12.8 Å². The second-order valence-corrected chi connectivity index (χ2v) is 2.71. The molecule has 1 saturated heterocycles. The van der Waals surface area contributed by atoms with Crippen LogP contribution in [0.25, 0.3) is 0 Å². The summed E-state index contributed by atoms with van der Waals surface area (Å²) in [7, 11) is 0. The zero-order valence-electron chi connectivity index (χ0n) is 6.42. The lowest BCUT2D eigenvalue weighted by Gasteiger charge is -2.28. The van der Waals surface area contributed by atoms with Gasteiger partial charge in [-0.2, -0.15) is 0 Å². The number of terminal acetylenes is 1. The zero-order valence-corrected chi connectivity index (χ0v) is 6.42. The van der Waals surface area contributed by atoms with Gasteiger partial charge in [0.2, 0.25) is 5.91 Å². The van der Waals surface area contributed by atoms with E-state index in [1.165, 1.54) is 0 Å². The van der Waals surface area contributed by atoms with Crippen LogP contribution >= 0.6 is 0 Å². The third-order valence-corrected chi connectivity index (χ3v) is 1.85. The van der Waals surface area contributed by atoms with Gasteiger partial charge in [0.05, 0.1) is 12.6 Å². The summed E-state index contributed by atoms with van der Waals surface area (Å²) in [6, 6.07) is -0.322. The maximum absolute atomic E-state index is 11.2. The molecule has 0 aromatic carbocycles. The van der Waals surface area contributed by atoms with Gasteiger partial charge in [-0.3, -0.25) is 4.79 Å². The Kier molecular flexibility index (Phi) is 2.50. The van der Waals surface area contributed by atoms with Crippen molar-refractivity contribution in [2.24, 2.45) is 5.73 Å². The lowest BCUT2D eigenvalue weighted by atomic mass is 10.1. The highest BCUT2D eigenvalue weighted by Crippen LogP contribution is 2.08. The summed E-state index contributed by atoms with van der Waals surface area (Å²) in [4.78, 5) is 12.9. The van der Waals surface area contributed by atoms with E-state index >= 15 is 0 Å². The van der Waals surface area contributed by atoms with Crippen LogP contribution in [0.4, 0.5) is 0 Å². The van der Waals surface area contributed by atoms with Crippen molar-refractivity contribution in [1.29, 1.82) is 0 Å². The van der Waals surface area contributed by atoms with Gasteiger partial charge in [-0.05, 0) is 12.8 Å². The molecule has 1 aliphatic rings. The zero-order chi connectivity index (χ0) is 8.27. The van der Waals surface area contributed by atoms with Gasteiger partial charge in [0, 0.05) is 6.54 Å². The van der Waals surface area contributed by atoms with Crippen LogP contribution in [-0.2, 0) is 4.79 Å². The largest absolute Gasteiger partial charge is 0.330 e. The Morgan fingerprint density at radius 1 is 1.82 bits per heavy atom. The Labute approximate surface area is 66.5 Å². The third-order valence-electron chi connectivity index (χ3n) is 1.85. The Morgan fingerprint density at radius 3 is 3.18 bits per heavy atom. The summed E-state index contributed by atoms with van der Waals surface area (Å²) in [6.07, 6.45) is 6.84. The molecule has 0 aliphatic carbocycles. The molecule has 3 heteroatoms. The van der Waals surface area contributed by atoms with Gasteiger partial charge in [-0.15, -0.1) is 6.42 Å². The van der Waals surface area contributed by atoms with E-state index in [0.29, 0.717) is 6.54 Å². The van der Waals surface area contributed by atoms with Gasteiger partial charge in [0.25, 0.3) is 0 Å². The predicted molar refractivity (Wildman–Crippen MR) is 42.6 cm³/mol. The Bertz CT molecular complexity index is 195. The number of nitrogens with two attached hydrogens (primary N) is 1. The molecule has 1 rings (SSSR count). The van der Waals surface area contributed by atoms with Gasteiger partial charge in [-0.1, -0.05) is 5.92 Å². The highest BCUT2D eigenvalue weighted by Gasteiger charge is 2.24. The average molecular weight is 152 g/mol. The first-order valence-corrected chi connectivity index (χ1v) is 3.73. The SMILES string of the molecule is C#CCN1CCCC(N)C1=O. The number of nitrogens with zero attached hydrogens (tertiary/aromatic N) is 1. The molecule has 0 aromatic heterocycles. The molecule has 1 amide bonds. The molecule has 0 saturated carbocycles. The third kappa shape index (κ3) is 1.72. The fourth-order valence-electron chi connectivity index (χ4n) is 1.24. The lowest BCUT2D eigenvalue weighted by Crippen LogP contribution is -2.48. The van der Waals surface area contributed by atoms with Crippen molar-refractivity contribution in [1.82, 2.24) is 4.90 Å². The van der Waals surface area contributed by atoms with E-state index in [1.807, 2.05) is 0 Å². The summed E-state index contributed by atoms with van der Waals surface area (Å²) >= 11 is 0. The van der Waals surface area contributed by atoms with Crippen molar-refractivity contribution in [3.63, 3.8) is 0 Å². The monoisotopic (exact) mass is 152 g/mol. The van der Waals surface area contributed by atoms with E-state index in [2.05, 4.69) is 5.92 Å². The minimum atomic E-state index is -0.322. The Hall–Kier alpha value is -1.01. The van der Waals surface area contributed by atoms with Crippen molar-refractivity contribution in [3.05, 3.63) is 0 Å². The predicted octanol–water partition coefficient (Wildman–Crippen LogP) is -0.431. The Balaban J connectivity index is 2.53. The van der Waals surface area contributed by atoms with E-state index in [1.54, 1.807) is 4.90 Å². The number of amides is 1. The van der Waals surface area contributed by atoms with Crippen molar-refractivity contribution in [3.8, 4) is 12.3 Å². The van der Waals surface area contributed by atoms with Crippen molar-refractivity contribution in [2.45, 2.75) is 18.9 Å². The quantitative estimate of drug-likeness (QED) is 0.518. The molecule has 0 spiro atoms. The van der Waals surface area contributed by atoms with Gasteiger partial charge < -0.3 is 10.6 Å². The summed E-state index contributed by atoms with van der Waals surface area (Å²) in [6.45, 7) is 1.16. The second kappa shape index (κ2) is 3.40. The summed E-state index contributed by atoms with van der Waals surface area (Å²) in [5, 5.41) is 0. The van der Waals surface area contributed by atoms with Gasteiger partial charge in [-0.25, -0.2) is 0 Å². The molecule has 1 unspecified atom stereocenters. The fourth-order valence-corrected chi connectivity index (χ4v) is 1.24. The normalized spacial score (nSPS) is 24.9. The van der Waals surface area contributed by atoms with Crippen molar-refractivity contribution < 1.29 is 4.79 Å². The van der Waals surface area contributed by atoms with Crippen LogP contribution in [-0.4, -0.2) is 29.9 Å². The molecule has 3 nitrogen and oxygen atoms in total. The molecule has 0 aromatic rings. The van der Waals surface area contributed by atoms with Gasteiger partial charge in [0.1, 0.15) is 0 Å². The highest BCUT2D eigenvalue weighted by molar-refractivity contribution is 5.82. The van der Waals surface area contributed by atoms with Crippen LogP contribution in [0, 0.1) is 12.3 Å². The second-order valence-electron chi connectivity index (χ2n) is 2.71. The molecule has 1 fully saturated rings. The summed E-state index contributed by atoms with van der Waals surface area (Å²) in [5.41, 5.74) is 5.54. The topological polar surface area (TPSA) is 46.3 Å². The van der Waals surface area contributed by atoms with E-state index < -0.39 is 0 Å². The summed E-state index contributed by atoms with van der Waals surface area (Å²) in [5.74, 6) is 2.43. The van der Waals surface area contributed by atoms with E-state index in [0.717, 1.165) is 19.4 Å². The number of rotatable bonds is 1. The number of likely N-dealkylation sites (tertiary alicyclic amines) is 1. The fraction of sp³-hybridized carbons (Fsp3) is 0.625. The highest BCUT2D eigenvalue weighted by atomic mass is 16.2. The van der Waals surface area contributed by atoms with Crippen LogP contribution in [0.2, 0.25) is 0 Å². The van der Waals surface area contributed by atoms with Gasteiger partial charge >= 0.3 is 0 Å². The molecule has 2 N–H and O–H groups in total. The molecule has 11 heavy (non-hydrogen) atoms. The minimum Gasteiger partial charge on any atom is -0.330 e. The molecule has 0 radical (unpaired) electrons. The number of piperidine rings is 1. The smallest absolute Gasteiger partial charge is 0.240 e. The standard InChI is InChI=1S/C8H12N2O/c1-2-5-10-6-3-4-7(9)8(10)11/h1,7H,3-6,9H2. The van der Waals surface area contributed by atoms with Gasteiger partial charge in [0.15, 0.2) is 0 Å². The van der Waals surface area contributed by atoms with E-state index in [-0.39, 0.29) is 11.9 Å². The van der Waals surface area contributed by atoms with Crippen LogP contribution in [0.15, 0.2) is 0 Å². The first kappa shape index (κ1) is 8.09. The molecule has 1 aliphatic heterocycles. The lowest BCUT2D eigenvalue weighted by molar-refractivity contribution is -0.134. The number of hydrogen-bond donors (Lipinski definition) is 1. The van der Waals surface area contributed by atoms with Crippen LogP contribution < -0.4 is 5.73 Å². The molecule has 0 bridgehead atoms. The van der Waals surface area contributed by atoms with Crippen molar-refractivity contribution >= 4 is 5.91 Å². The maximum atomic E-state index is 11.2. The number of carbonyl (C=O) groups excluding carboxylic acids is 1. The summed E-state index contributed by atoms with van der Waals surface area (Å²) < 4.78 is 0. The van der Waals surface area contributed by atoms with E-state index in [4.69, 9.17) is 12.2 Å². The van der Waals surface area contributed by atoms with Crippen molar-refractivity contribution in [2.75, 3.05) is 13.1 Å². The minimum absolute atomic E-state index is 0.00537. The molecule has 1 atom stereocenters. The molecular formula is C8H12N2O. The number of carbonyl (C=O) groups is 1. The maximum Gasteiger partial charge on any atom is 0.240 e. The molecule has 60 valence electrons. The van der Waals surface area contributed by atoms with Crippen LogP contribution in [0.3, 0.4) is 0 Å². The first-order chi connectivity index (χ1) is 5.25.